The second-order valence-corrected chi connectivity index (χ2v) is 6.39. The molecule has 0 saturated heterocycles. The molecule has 0 bridgehead atoms. The van der Waals surface area contributed by atoms with E-state index in [2.05, 4.69) is 12.2 Å². The van der Waals surface area contributed by atoms with E-state index in [9.17, 15) is 22.8 Å². The van der Waals surface area contributed by atoms with Crippen LogP contribution in [0.2, 0.25) is 0 Å². The first-order chi connectivity index (χ1) is 12.0. The standard InChI is InChI=1S/C18H22F3NO2S/c1-2-3-4-5-6-7-9-22-16(23)8-10-25-18(24)17-14(20)11-13(19)12-15(17)21/h8,10-12H,2-7,9H2,1H3,(H,22,23). The lowest BCUT2D eigenvalue weighted by atomic mass is 10.1. The Morgan fingerprint density at radius 3 is 2.28 bits per heavy atom. The van der Waals surface area contributed by atoms with E-state index in [1.165, 1.54) is 19.3 Å². The molecule has 0 fully saturated rings. The molecular formula is C18H22F3NO2S. The highest BCUT2D eigenvalue weighted by molar-refractivity contribution is 8.16. The average molecular weight is 373 g/mol. The van der Waals surface area contributed by atoms with Gasteiger partial charge in [0.05, 0.1) is 0 Å². The van der Waals surface area contributed by atoms with Crippen LogP contribution in [0.25, 0.3) is 0 Å². The molecule has 1 N–H and O–H groups in total. The summed E-state index contributed by atoms with van der Waals surface area (Å²) in [7, 11) is 0. The van der Waals surface area contributed by atoms with Gasteiger partial charge in [0.2, 0.25) is 11.0 Å². The fourth-order valence-electron chi connectivity index (χ4n) is 2.13. The van der Waals surface area contributed by atoms with Crippen LogP contribution in [0.1, 0.15) is 55.8 Å². The van der Waals surface area contributed by atoms with Crippen molar-refractivity contribution in [2.75, 3.05) is 6.54 Å². The number of halogens is 3. The number of hydrogen-bond donors (Lipinski definition) is 1. The minimum Gasteiger partial charge on any atom is -0.353 e. The third-order valence-electron chi connectivity index (χ3n) is 3.44. The van der Waals surface area contributed by atoms with Crippen LogP contribution >= 0.6 is 11.8 Å². The van der Waals surface area contributed by atoms with Crippen molar-refractivity contribution >= 4 is 22.8 Å². The van der Waals surface area contributed by atoms with Crippen LogP contribution in [-0.2, 0) is 4.79 Å². The minimum absolute atomic E-state index is 0.381. The minimum atomic E-state index is -1.27. The second-order valence-electron chi connectivity index (χ2n) is 5.51. The summed E-state index contributed by atoms with van der Waals surface area (Å²) < 4.78 is 39.7. The molecule has 0 aliphatic carbocycles. The maximum absolute atomic E-state index is 13.4. The summed E-state index contributed by atoms with van der Waals surface area (Å²) in [5.74, 6) is -4.01. The molecule has 0 atom stereocenters. The summed E-state index contributed by atoms with van der Waals surface area (Å²) in [4.78, 5) is 23.3. The van der Waals surface area contributed by atoms with Crippen molar-refractivity contribution in [2.24, 2.45) is 0 Å². The number of rotatable bonds is 10. The molecule has 0 spiro atoms. The number of nitrogens with one attached hydrogen (secondary N) is 1. The molecule has 1 aromatic carbocycles. The molecule has 1 amide bonds. The summed E-state index contributed by atoms with van der Waals surface area (Å²) in [6.45, 7) is 2.68. The van der Waals surface area contributed by atoms with Gasteiger partial charge in [0, 0.05) is 24.8 Å². The van der Waals surface area contributed by atoms with E-state index in [0.29, 0.717) is 30.4 Å². The Morgan fingerprint density at radius 1 is 1.04 bits per heavy atom. The van der Waals surface area contributed by atoms with Gasteiger partial charge in [-0.05, 0) is 11.8 Å². The van der Waals surface area contributed by atoms with Crippen LogP contribution in [0.4, 0.5) is 13.2 Å². The van der Waals surface area contributed by atoms with Gasteiger partial charge in [-0.15, -0.1) is 0 Å². The maximum atomic E-state index is 13.4. The van der Waals surface area contributed by atoms with Gasteiger partial charge in [0.15, 0.2) is 0 Å². The van der Waals surface area contributed by atoms with Gasteiger partial charge in [0.1, 0.15) is 23.0 Å². The van der Waals surface area contributed by atoms with E-state index in [-0.39, 0.29) is 5.91 Å². The zero-order chi connectivity index (χ0) is 18.7. The third-order valence-corrected chi connectivity index (χ3v) is 4.13. The number of unbranched alkanes of at least 4 members (excludes halogenated alkanes) is 5. The highest BCUT2D eigenvalue weighted by atomic mass is 32.2. The smallest absolute Gasteiger partial charge is 0.244 e. The molecule has 0 aliphatic rings. The van der Waals surface area contributed by atoms with Crippen molar-refractivity contribution in [1.82, 2.24) is 5.32 Å². The monoisotopic (exact) mass is 373 g/mol. The van der Waals surface area contributed by atoms with E-state index in [4.69, 9.17) is 0 Å². The van der Waals surface area contributed by atoms with Crippen molar-refractivity contribution in [3.63, 3.8) is 0 Å². The molecule has 0 unspecified atom stereocenters. The van der Waals surface area contributed by atoms with E-state index >= 15 is 0 Å². The first-order valence-electron chi connectivity index (χ1n) is 8.25. The van der Waals surface area contributed by atoms with Crippen molar-refractivity contribution in [3.05, 3.63) is 46.6 Å². The Labute approximate surface area is 150 Å². The van der Waals surface area contributed by atoms with Gasteiger partial charge >= 0.3 is 0 Å². The Bertz CT molecular complexity index is 597. The molecular weight excluding hydrogens is 351 g/mol. The Kier molecular flexibility index (Phi) is 9.99. The summed E-state index contributed by atoms with van der Waals surface area (Å²) >= 11 is 0.462. The quantitative estimate of drug-likeness (QED) is 0.465. The molecule has 1 rings (SSSR count). The number of carbonyl (C=O) groups excluding carboxylic acids is 2. The molecule has 3 nitrogen and oxygen atoms in total. The Hall–Kier alpha value is -1.76. The second kappa shape index (κ2) is 11.7. The lowest BCUT2D eigenvalue weighted by molar-refractivity contribution is -0.116. The topological polar surface area (TPSA) is 46.2 Å². The first kappa shape index (κ1) is 21.3. The molecule has 0 saturated carbocycles. The predicted molar refractivity (Wildman–Crippen MR) is 93.8 cm³/mol. The number of hydrogen-bond acceptors (Lipinski definition) is 3. The van der Waals surface area contributed by atoms with Crippen molar-refractivity contribution in [1.29, 1.82) is 0 Å². The largest absolute Gasteiger partial charge is 0.353 e. The number of amides is 1. The summed E-state index contributed by atoms with van der Waals surface area (Å²) in [6.07, 6.45) is 7.78. The molecule has 0 heterocycles. The first-order valence-corrected chi connectivity index (χ1v) is 9.13. The summed E-state index contributed by atoms with van der Waals surface area (Å²) in [5, 5.41) is 2.89. The summed E-state index contributed by atoms with van der Waals surface area (Å²) in [5.41, 5.74) is -0.830. The van der Waals surface area contributed by atoms with Crippen LogP contribution in [0, 0.1) is 17.5 Å². The van der Waals surface area contributed by atoms with Gasteiger partial charge in [-0.1, -0.05) is 50.8 Å². The predicted octanol–water partition coefficient (Wildman–Crippen LogP) is 4.97. The number of thioether (sulfide) groups is 1. The van der Waals surface area contributed by atoms with Gasteiger partial charge < -0.3 is 5.32 Å². The van der Waals surface area contributed by atoms with Gasteiger partial charge in [-0.25, -0.2) is 13.2 Å². The molecule has 138 valence electrons. The van der Waals surface area contributed by atoms with Crippen molar-refractivity contribution in [2.45, 2.75) is 45.4 Å². The highest BCUT2D eigenvalue weighted by Gasteiger charge is 2.18. The van der Waals surface area contributed by atoms with Crippen LogP contribution in [0.5, 0.6) is 0 Å². The van der Waals surface area contributed by atoms with Crippen LogP contribution in [0.3, 0.4) is 0 Å². The van der Waals surface area contributed by atoms with Crippen LogP contribution < -0.4 is 5.32 Å². The molecule has 1 aromatic rings. The van der Waals surface area contributed by atoms with Crippen LogP contribution in [0.15, 0.2) is 23.6 Å². The fraction of sp³-hybridized carbons (Fsp3) is 0.444. The van der Waals surface area contributed by atoms with Crippen molar-refractivity contribution in [3.8, 4) is 0 Å². The zero-order valence-electron chi connectivity index (χ0n) is 14.1. The lowest BCUT2D eigenvalue weighted by Crippen LogP contribution is -2.21. The molecule has 25 heavy (non-hydrogen) atoms. The average Bonchev–Trinajstić information content (AvgIpc) is 2.53. The Morgan fingerprint density at radius 2 is 1.64 bits per heavy atom. The van der Waals surface area contributed by atoms with Gasteiger partial charge in [0.25, 0.3) is 0 Å². The van der Waals surface area contributed by atoms with E-state index < -0.39 is 28.1 Å². The van der Waals surface area contributed by atoms with E-state index in [0.717, 1.165) is 30.7 Å². The molecule has 0 aromatic heterocycles. The van der Waals surface area contributed by atoms with Crippen LogP contribution in [-0.4, -0.2) is 17.6 Å². The molecule has 7 heteroatoms. The number of benzene rings is 1. The highest BCUT2D eigenvalue weighted by Crippen LogP contribution is 2.21. The Balaban J connectivity index is 2.32. The SMILES string of the molecule is CCCCCCCCNC(=O)C=CSC(=O)c1c(F)cc(F)cc1F. The van der Waals surface area contributed by atoms with Gasteiger partial charge in [-0.2, -0.15) is 0 Å². The van der Waals surface area contributed by atoms with Crippen molar-refractivity contribution < 1.29 is 22.8 Å². The molecule has 0 radical (unpaired) electrons. The fourth-order valence-corrected chi connectivity index (χ4v) is 2.76. The number of carbonyl (C=O) groups is 2. The maximum Gasteiger partial charge on any atom is 0.244 e. The normalized spacial score (nSPS) is 11.0. The van der Waals surface area contributed by atoms with Gasteiger partial charge in [-0.3, -0.25) is 9.59 Å². The summed E-state index contributed by atoms with van der Waals surface area (Å²) in [6, 6.07) is 0.877. The third kappa shape index (κ3) is 8.25. The zero-order valence-corrected chi connectivity index (χ0v) is 14.9. The van der Waals surface area contributed by atoms with E-state index in [1.54, 1.807) is 0 Å². The lowest BCUT2D eigenvalue weighted by Gasteiger charge is -2.03. The van der Waals surface area contributed by atoms with E-state index in [1.807, 2.05) is 0 Å². The molecule has 0 aliphatic heterocycles.